The van der Waals surface area contributed by atoms with Gasteiger partial charge in [-0.2, -0.15) is 5.26 Å². The van der Waals surface area contributed by atoms with Gasteiger partial charge in [0.2, 0.25) is 18.2 Å². The first kappa shape index (κ1) is 14.4. The topological polar surface area (TPSA) is 87.2 Å². The predicted molar refractivity (Wildman–Crippen MR) is 58.2 cm³/mol. The molecule has 0 aromatic carbocycles. The minimum Gasteiger partial charge on any atom is -0.368 e. The van der Waals surface area contributed by atoms with Crippen LogP contribution in [0.3, 0.4) is 0 Å². The van der Waals surface area contributed by atoms with E-state index in [1.807, 2.05) is 0 Å². The monoisotopic (exact) mass is 259 g/mol. The maximum atomic E-state index is 12.4. The summed E-state index contributed by atoms with van der Waals surface area (Å²) in [5.74, 6) is -3.10. The summed E-state index contributed by atoms with van der Waals surface area (Å²) < 4.78 is 24.7. The van der Waals surface area contributed by atoms with Crippen LogP contribution in [0.1, 0.15) is 19.8 Å². The smallest absolute Gasteiger partial charge is 0.240 e. The van der Waals surface area contributed by atoms with Gasteiger partial charge in [-0.05, 0) is 6.42 Å². The lowest BCUT2D eigenvalue weighted by atomic mass is 9.94. The molecule has 2 N–H and O–H groups in total. The molecule has 0 aliphatic carbocycles. The fourth-order valence-corrected chi connectivity index (χ4v) is 2.28. The van der Waals surface area contributed by atoms with E-state index in [1.54, 1.807) is 13.0 Å². The molecule has 3 atom stereocenters. The second-order valence-electron chi connectivity index (χ2n) is 4.31. The Balaban J connectivity index is 2.89. The van der Waals surface area contributed by atoms with E-state index < -0.39 is 42.5 Å². The Morgan fingerprint density at radius 1 is 1.67 bits per heavy atom. The molecule has 2 amide bonds. The third-order valence-corrected chi connectivity index (χ3v) is 3.16. The number of nitrogens with two attached hydrogens (primary N) is 1. The zero-order valence-electron chi connectivity index (χ0n) is 9.97. The van der Waals surface area contributed by atoms with Crippen LogP contribution in [0.4, 0.5) is 8.78 Å². The van der Waals surface area contributed by atoms with Gasteiger partial charge >= 0.3 is 0 Å². The number of likely N-dealkylation sites (tertiary alicyclic amines) is 1. The van der Waals surface area contributed by atoms with E-state index in [0.717, 1.165) is 4.90 Å². The third-order valence-electron chi connectivity index (χ3n) is 3.16. The summed E-state index contributed by atoms with van der Waals surface area (Å²) in [5, 5.41) is 8.87. The lowest BCUT2D eigenvalue weighted by Gasteiger charge is -2.24. The summed E-state index contributed by atoms with van der Waals surface area (Å²) in [7, 11) is 0. The van der Waals surface area contributed by atoms with E-state index in [-0.39, 0.29) is 6.54 Å². The number of primary amides is 1. The fraction of sp³-hybridized carbons (Fsp3) is 0.727. The number of hydrogen-bond donors (Lipinski definition) is 1. The lowest BCUT2D eigenvalue weighted by molar-refractivity contribution is -0.137. The lowest BCUT2D eigenvalue weighted by Crippen LogP contribution is -2.45. The predicted octanol–water partition coefficient (Wildman–Crippen LogP) is 0.504. The van der Waals surface area contributed by atoms with Crippen LogP contribution in [0.15, 0.2) is 0 Å². The SMILES string of the molecule is CCC(C(N)=O)N1CC(CC(F)F)C(C#N)C1=O. The summed E-state index contributed by atoms with van der Waals surface area (Å²) in [5.41, 5.74) is 5.16. The quantitative estimate of drug-likeness (QED) is 0.780. The summed E-state index contributed by atoms with van der Waals surface area (Å²) in [4.78, 5) is 24.2. The first-order chi connectivity index (χ1) is 8.42. The van der Waals surface area contributed by atoms with Crippen LogP contribution in [0, 0.1) is 23.2 Å². The second kappa shape index (κ2) is 5.76. The number of nitrogens with zero attached hydrogens (tertiary/aromatic N) is 2. The number of rotatable bonds is 5. The van der Waals surface area contributed by atoms with Crippen LogP contribution in [0.25, 0.3) is 0 Å². The highest BCUT2D eigenvalue weighted by Crippen LogP contribution is 2.31. The van der Waals surface area contributed by atoms with Gasteiger partial charge in [0, 0.05) is 18.9 Å². The van der Waals surface area contributed by atoms with E-state index in [0.29, 0.717) is 6.42 Å². The molecule has 0 radical (unpaired) electrons. The molecule has 18 heavy (non-hydrogen) atoms. The van der Waals surface area contributed by atoms with Crippen molar-refractivity contribution in [3.63, 3.8) is 0 Å². The highest BCUT2D eigenvalue weighted by atomic mass is 19.3. The maximum Gasteiger partial charge on any atom is 0.240 e. The summed E-state index contributed by atoms with van der Waals surface area (Å²) in [6, 6.07) is 0.917. The van der Waals surface area contributed by atoms with E-state index in [4.69, 9.17) is 11.0 Å². The number of alkyl halides is 2. The van der Waals surface area contributed by atoms with Crippen molar-refractivity contribution < 1.29 is 18.4 Å². The molecule has 0 bridgehead atoms. The van der Waals surface area contributed by atoms with Crippen LogP contribution >= 0.6 is 0 Å². The van der Waals surface area contributed by atoms with E-state index >= 15 is 0 Å². The van der Waals surface area contributed by atoms with Crippen LogP contribution in [-0.4, -0.2) is 35.7 Å². The van der Waals surface area contributed by atoms with Crippen LogP contribution in [0.2, 0.25) is 0 Å². The molecule has 1 aliphatic rings. The molecule has 1 aliphatic heterocycles. The van der Waals surface area contributed by atoms with Crippen molar-refractivity contribution in [1.82, 2.24) is 4.90 Å². The highest BCUT2D eigenvalue weighted by molar-refractivity contribution is 5.90. The normalized spacial score (nSPS) is 25.3. The third kappa shape index (κ3) is 2.75. The van der Waals surface area contributed by atoms with Crippen molar-refractivity contribution in [2.75, 3.05) is 6.54 Å². The zero-order chi connectivity index (χ0) is 13.9. The molecule has 1 rings (SSSR count). The van der Waals surface area contributed by atoms with Gasteiger partial charge in [-0.25, -0.2) is 8.78 Å². The number of hydrogen-bond acceptors (Lipinski definition) is 3. The van der Waals surface area contributed by atoms with E-state index in [1.165, 1.54) is 0 Å². The Hall–Kier alpha value is -1.71. The molecular weight excluding hydrogens is 244 g/mol. The number of amides is 2. The van der Waals surface area contributed by atoms with Gasteiger partial charge in [-0.3, -0.25) is 9.59 Å². The average Bonchev–Trinajstić information content (AvgIpc) is 2.55. The zero-order valence-corrected chi connectivity index (χ0v) is 9.97. The van der Waals surface area contributed by atoms with Gasteiger partial charge in [0.15, 0.2) is 0 Å². The van der Waals surface area contributed by atoms with Crippen molar-refractivity contribution in [1.29, 1.82) is 5.26 Å². The largest absolute Gasteiger partial charge is 0.368 e. The minimum absolute atomic E-state index is 0.0111. The first-order valence-corrected chi connectivity index (χ1v) is 5.69. The van der Waals surface area contributed by atoms with Crippen molar-refractivity contribution in [2.45, 2.75) is 32.2 Å². The average molecular weight is 259 g/mol. The van der Waals surface area contributed by atoms with Gasteiger partial charge in [-0.1, -0.05) is 6.92 Å². The molecule has 0 aromatic heterocycles. The van der Waals surface area contributed by atoms with Crippen molar-refractivity contribution >= 4 is 11.8 Å². The standard InChI is InChI=1S/C11H15F2N3O2/c1-2-8(10(15)17)16-5-6(3-9(12)13)7(4-14)11(16)18/h6-9H,2-3,5H2,1H3,(H2,15,17). The molecule has 1 heterocycles. The van der Waals surface area contributed by atoms with Crippen LogP contribution in [-0.2, 0) is 9.59 Å². The molecule has 3 unspecified atom stereocenters. The second-order valence-corrected chi connectivity index (χ2v) is 4.31. The summed E-state index contributed by atoms with van der Waals surface area (Å²) >= 11 is 0. The van der Waals surface area contributed by atoms with Crippen molar-refractivity contribution in [2.24, 2.45) is 17.6 Å². The first-order valence-electron chi connectivity index (χ1n) is 5.69. The maximum absolute atomic E-state index is 12.4. The molecular formula is C11H15F2N3O2. The molecule has 1 saturated heterocycles. The van der Waals surface area contributed by atoms with Gasteiger partial charge < -0.3 is 10.6 Å². The number of nitriles is 1. The van der Waals surface area contributed by atoms with Gasteiger partial charge in [0.25, 0.3) is 0 Å². The summed E-state index contributed by atoms with van der Waals surface area (Å²) in [6.07, 6.45) is -2.79. The Morgan fingerprint density at radius 3 is 2.67 bits per heavy atom. The molecule has 7 heteroatoms. The molecule has 1 fully saturated rings. The van der Waals surface area contributed by atoms with Gasteiger partial charge in [0.1, 0.15) is 12.0 Å². The van der Waals surface area contributed by atoms with E-state index in [2.05, 4.69) is 0 Å². The number of halogens is 2. The van der Waals surface area contributed by atoms with Gasteiger partial charge in [-0.15, -0.1) is 0 Å². The van der Waals surface area contributed by atoms with E-state index in [9.17, 15) is 18.4 Å². The fourth-order valence-electron chi connectivity index (χ4n) is 2.28. The summed E-state index contributed by atoms with van der Waals surface area (Å²) in [6.45, 7) is 1.66. The van der Waals surface area contributed by atoms with Crippen LogP contribution < -0.4 is 5.73 Å². The molecule has 100 valence electrons. The molecule has 0 aromatic rings. The Bertz CT molecular complexity index is 381. The molecule has 0 saturated carbocycles. The minimum atomic E-state index is -2.58. The van der Waals surface area contributed by atoms with Crippen LogP contribution in [0.5, 0.6) is 0 Å². The number of carbonyl (C=O) groups is 2. The Morgan fingerprint density at radius 2 is 2.28 bits per heavy atom. The number of carbonyl (C=O) groups excluding carboxylic acids is 2. The highest BCUT2D eigenvalue weighted by Gasteiger charge is 2.45. The Labute approximate surface area is 104 Å². The van der Waals surface area contributed by atoms with Crippen molar-refractivity contribution in [3.8, 4) is 6.07 Å². The molecule has 5 nitrogen and oxygen atoms in total. The Kier molecular flexibility index (Phi) is 4.59. The van der Waals surface area contributed by atoms with Crippen molar-refractivity contribution in [3.05, 3.63) is 0 Å². The molecule has 0 spiro atoms. The van der Waals surface area contributed by atoms with Gasteiger partial charge in [0.05, 0.1) is 6.07 Å².